The number of ether oxygens (including phenoxy) is 2. The van der Waals surface area contributed by atoms with E-state index in [9.17, 15) is 14.4 Å². The van der Waals surface area contributed by atoms with Crippen LogP contribution in [0.4, 0.5) is 5.82 Å². The number of morpholine rings is 2. The van der Waals surface area contributed by atoms with Crippen LogP contribution in [0.25, 0.3) is 11.0 Å². The van der Waals surface area contributed by atoms with Crippen LogP contribution in [0, 0.1) is 0 Å². The number of benzene rings is 2. The SMILES string of the molecule is CC(c1cc(C(=O)N2CCOCC2)cc2ncc(N3CCOCC3)nc12)N1C(=O)c2ccccc2C1=O. The molecule has 1 unspecified atom stereocenters. The van der Waals surface area contributed by atoms with E-state index < -0.39 is 6.04 Å². The molecule has 0 bridgehead atoms. The second-order valence-electron chi connectivity index (χ2n) is 9.37. The maximum Gasteiger partial charge on any atom is 0.262 e. The maximum atomic E-state index is 13.4. The minimum atomic E-state index is -0.665. The van der Waals surface area contributed by atoms with Crippen molar-refractivity contribution >= 4 is 34.6 Å². The van der Waals surface area contributed by atoms with Crippen LogP contribution >= 0.6 is 0 Å². The molecular formula is C27H27N5O5. The predicted octanol–water partition coefficient (Wildman–Crippen LogP) is 2.30. The van der Waals surface area contributed by atoms with Gasteiger partial charge in [0.1, 0.15) is 5.82 Å². The van der Waals surface area contributed by atoms with Gasteiger partial charge in [-0.15, -0.1) is 0 Å². The summed E-state index contributed by atoms with van der Waals surface area (Å²) in [6.45, 7) is 6.36. The van der Waals surface area contributed by atoms with Gasteiger partial charge in [-0.3, -0.25) is 24.3 Å². The maximum absolute atomic E-state index is 13.4. The van der Waals surface area contributed by atoms with E-state index in [1.54, 1.807) is 54.4 Å². The topological polar surface area (TPSA) is 105 Å². The van der Waals surface area contributed by atoms with Gasteiger partial charge in [0.15, 0.2) is 0 Å². The fraction of sp³-hybridized carbons (Fsp3) is 0.370. The Balaban J connectivity index is 1.45. The van der Waals surface area contributed by atoms with E-state index in [-0.39, 0.29) is 17.7 Å². The summed E-state index contributed by atoms with van der Waals surface area (Å²) in [4.78, 5) is 54.7. The quantitative estimate of drug-likeness (QED) is 0.502. The van der Waals surface area contributed by atoms with Crippen LogP contribution in [-0.2, 0) is 9.47 Å². The molecule has 0 saturated carbocycles. The third kappa shape index (κ3) is 4.11. The highest BCUT2D eigenvalue weighted by atomic mass is 16.5. The minimum Gasteiger partial charge on any atom is -0.378 e. The van der Waals surface area contributed by atoms with Gasteiger partial charge in [-0.1, -0.05) is 12.1 Å². The Morgan fingerprint density at radius 3 is 2.19 bits per heavy atom. The summed E-state index contributed by atoms with van der Waals surface area (Å²) in [5.41, 5.74) is 2.90. The number of carbonyl (C=O) groups is 3. The Hall–Kier alpha value is -3.89. The van der Waals surface area contributed by atoms with Gasteiger partial charge in [0.2, 0.25) is 0 Å². The van der Waals surface area contributed by atoms with Crippen molar-refractivity contribution < 1.29 is 23.9 Å². The second kappa shape index (κ2) is 9.53. The van der Waals surface area contributed by atoms with Gasteiger partial charge in [-0.25, -0.2) is 4.98 Å². The second-order valence-corrected chi connectivity index (χ2v) is 9.37. The average molecular weight is 502 g/mol. The fourth-order valence-electron chi connectivity index (χ4n) is 5.17. The van der Waals surface area contributed by atoms with Crippen LogP contribution in [0.1, 0.15) is 49.6 Å². The molecule has 3 aliphatic rings. The Labute approximate surface area is 213 Å². The Morgan fingerprint density at radius 2 is 1.54 bits per heavy atom. The van der Waals surface area contributed by atoms with Crippen LogP contribution < -0.4 is 4.90 Å². The molecule has 4 heterocycles. The molecular weight excluding hydrogens is 474 g/mol. The van der Waals surface area contributed by atoms with Crippen molar-refractivity contribution in [2.45, 2.75) is 13.0 Å². The molecule has 0 spiro atoms. The number of imide groups is 1. The molecule has 10 nitrogen and oxygen atoms in total. The van der Waals surface area contributed by atoms with Crippen LogP contribution in [0.5, 0.6) is 0 Å². The molecule has 190 valence electrons. The molecule has 37 heavy (non-hydrogen) atoms. The van der Waals surface area contributed by atoms with Crippen molar-refractivity contribution in [1.29, 1.82) is 0 Å². The summed E-state index contributed by atoms with van der Waals surface area (Å²) in [6, 6.07) is 9.64. The molecule has 6 rings (SSSR count). The number of amides is 3. The van der Waals surface area contributed by atoms with Crippen molar-refractivity contribution in [3.8, 4) is 0 Å². The first-order valence-electron chi connectivity index (χ1n) is 12.5. The molecule has 1 atom stereocenters. The van der Waals surface area contributed by atoms with Gasteiger partial charge in [-0.05, 0) is 31.2 Å². The third-order valence-corrected chi connectivity index (χ3v) is 7.21. The number of hydrogen-bond acceptors (Lipinski definition) is 8. The molecule has 2 fully saturated rings. The van der Waals surface area contributed by atoms with Crippen molar-refractivity contribution in [2.75, 3.05) is 57.5 Å². The van der Waals surface area contributed by atoms with Crippen LogP contribution in [0.3, 0.4) is 0 Å². The Morgan fingerprint density at radius 1 is 0.919 bits per heavy atom. The highest BCUT2D eigenvalue weighted by molar-refractivity contribution is 6.21. The lowest BCUT2D eigenvalue weighted by Gasteiger charge is -2.29. The highest BCUT2D eigenvalue weighted by Gasteiger charge is 2.39. The van der Waals surface area contributed by atoms with E-state index in [4.69, 9.17) is 14.5 Å². The number of aromatic nitrogens is 2. The molecule has 3 amide bonds. The summed E-state index contributed by atoms with van der Waals surface area (Å²) in [6.07, 6.45) is 1.70. The predicted molar refractivity (Wildman–Crippen MR) is 135 cm³/mol. The first-order valence-corrected chi connectivity index (χ1v) is 12.5. The Kier molecular flexibility index (Phi) is 6.05. The van der Waals surface area contributed by atoms with Gasteiger partial charge < -0.3 is 19.3 Å². The summed E-state index contributed by atoms with van der Waals surface area (Å²) in [7, 11) is 0. The van der Waals surface area contributed by atoms with E-state index in [1.807, 2.05) is 0 Å². The molecule has 1 aromatic heterocycles. The molecule has 2 saturated heterocycles. The van der Waals surface area contributed by atoms with Gasteiger partial charge >= 0.3 is 0 Å². The normalized spacial score (nSPS) is 18.9. The zero-order chi connectivity index (χ0) is 25.5. The van der Waals surface area contributed by atoms with E-state index in [0.29, 0.717) is 91.7 Å². The van der Waals surface area contributed by atoms with Crippen molar-refractivity contribution in [1.82, 2.24) is 19.8 Å². The molecule has 0 radical (unpaired) electrons. The van der Waals surface area contributed by atoms with Crippen LogP contribution in [0.2, 0.25) is 0 Å². The van der Waals surface area contributed by atoms with Gasteiger partial charge in [0.25, 0.3) is 17.7 Å². The van der Waals surface area contributed by atoms with Gasteiger partial charge in [0, 0.05) is 37.3 Å². The highest BCUT2D eigenvalue weighted by Crippen LogP contribution is 2.35. The fourth-order valence-corrected chi connectivity index (χ4v) is 5.17. The van der Waals surface area contributed by atoms with Crippen LogP contribution in [-0.4, -0.2) is 90.1 Å². The lowest BCUT2D eigenvalue weighted by molar-refractivity contribution is 0.0303. The van der Waals surface area contributed by atoms with Gasteiger partial charge in [0.05, 0.1) is 60.8 Å². The average Bonchev–Trinajstić information content (AvgIpc) is 3.21. The number of anilines is 1. The standard InChI is InChI=1S/C27H27N5O5/c1-17(32-26(34)19-4-2-3-5-20(19)27(32)35)21-14-18(25(33)31-8-12-37-13-9-31)15-22-24(21)29-23(16-28-22)30-6-10-36-11-7-30/h2-5,14-17H,6-13H2,1H3. The summed E-state index contributed by atoms with van der Waals surface area (Å²) in [5.74, 6) is -0.161. The first-order chi connectivity index (χ1) is 18.0. The van der Waals surface area contributed by atoms with Gasteiger partial charge in [-0.2, -0.15) is 0 Å². The molecule has 0 N–H and O–H groups in total. The minimum absolute atomic E-state index is 0.139. The molecule has 10 heteroatoms. The first kappa shape index (κ1) is 23.5. The lowest BCUT2D eigenvalue weighted by Crippen LogP contribution is -2.40. The van der Waals surface area contributed by atoms with E-state index in [1.165, 1.54) is 4.90 Å². The van der Waals surface area contributed by atoms with Crippen molar-refractivity contribution in [3.05, 3.63) is 64.8 Å². The van der Waals surface area contributed by atoms with Crippen molar-refractivity contribution in [2.24, 2.45) is 0 Å². The monoisotopic (exact) mass is 501 g/mol. The molecule has 3 aliphatic heterocycles. The van der Waals surface area contributed by atoms with E-state index >= 15 is 0 Å². The van der Waals surface area contributed by atoms with Crippen LogP contribution in [0.15, 0.2) is 42.6 Å². The summed E-state index contributed by atoms with van der Waals surface area (Å²) in [5, 5.41) is 0. The largest absolute Gasteiger partial charge is 0.378 e. The number of fused-ring (bicyclic) bond motifs is 2. The van der Waals surface area contributed by atoms with Crippen molar-refractivity contribution in [3.63, 3.8) is 0 Å². The third-order valence-electron chi connectivity index (χ3n) is 7.21. The zero-order valence-electron chi connectivity index (χ0n) is 20.6. The number of carbonyl (C=O) groups excluding carboxylic acids is 3. The summed E-state index contributed by atoms with van der Waals surface area (Å²) < 4.78 is 10.9. The molecule has 0 aliphatic carbocycles. The van der Waals surface area contributed by atoms with E-state index in [0.717, 1.165) is 0 Å². The number of nitrogens with zero attached hydrogens (tertiary/aromatic N) is 5. The Bertz CT molecular complexity index is 1360. The smallest absolute Gasteiger partial charge is 0.262 e. The number of hydrogen-bond donors (Lipinski definition) is 0. The molecule has 2 aromatic carbocycles. The molecule has 3 aromatic rings. The number of rotatable bonds is 4. The zero-order valence-corrected chi connectivity index (χ0v) is 20.6. The lowest BCUT2D eigenvalue weighted by atomic mass is 10.00. The van der Waals surface area contributed by atoms with E-state index in [2.05, 4.69) is 9.88 Å². The summed E-state index contributed by atoms with van der Waals surface area (Å²) >= 11 is 0.